The SMILES string of the molecule is Cn1cc(-c2ccc3cnc(NC(=O)C4CN(CC5(C)COC5)C4)cc3c2)cn1. The number of aryl methyl sites for hydroxylation is 1. The highest BCUT2D eigenvalue weighted by Crippen LogP contribution is 2.31. The average molecular weight is 391 g/mol. The summed E-state index contributed by atoms with van der Waals surface area (Å²) >= 11 is 0. The molecule has 2 aliphatic heterocycles. The molecule has 150 valence electrons. The molecule has 0 aliphatic carbocycles. The van der Waals surface area contributed by atoms with E-state index in [1.807, 2.05) is 37.8 Å². The summed E-state index contributed by atoms with van der Waals surface area (Å²) in [4.78, 5) is 19.4. The molecular weight excluding hydrogens is 366 g/mol. The Bertz CT molecular complexity index is 1070. The quantitative estimate of drug-likeness (QED) is 0.724. The van der Waals surface area contributed by atoms with Crippen molar-refractivity contribution >= 4 is 22.5 Å². The fraction of sp³-hybridized carbons (Fsp3) is 0.409. The van der Waals surface area contributed by atoms with Crippen LogP contribution in [0.1, 0.15) is 6.92 Å². The molecule has 0 unspecified atom stereocenters. The Morgan fingerprint density at radius 1 is 1.21 bits per heavy atom. The van der Waals surface area contributed by atoms with Gasteiger partial charge in [0, 0.05) is 55.4 Å². The van der Waals surface area contributed by atoms with Gasteiger partial charge in [0.25, 0.3) is 0 Å². The molecule has 2 aliphatic rings. The molecule has 1 aromatic carbocycles. The first-order valence-corrected chi connectivity index (χ1v) is 9.97. The van der Waals surface area contributed by atoms with Crippen molar-refractivity contribution < 1.29 is 9.53 Å². The molecule has 29 heavy (non-hydrogen) atoms. The Balaban J connectivity index is 1.25. The van der Waals surface area contributed by atoms with Crippen LogP contribution in [0, 0.1) is 11.3 Å². The van der Waals surface area contributed by atoms with Crippen LogP contribution in [-0.4, -0.2) is 58.4 Å². The first kappa shape index (κ1) is 18.3. The number of hydrogen-bond acceptors (Lipinski definition) is 5. The summed E-state index contributed by atoms with van der Waals surface area (Å²) in [6, 6.07) is 8.16. The largest absolute Gasteiger partial charge is 0.380 e. The normalized spacial score (nSPS) is 19.0. The van der Waals surface area contributed by atoms with Crippen LogP contribution in [0.5, 0.6) is 0 Å². The van der Waals surface area contributed by atoms with Crippen molar-refractivity contribution in [2.45, 2.75) is 6.92 Å². The lowest BCUT2D eigenvalue weighted by Gasteiger charge is -2.47. The van der Waals surface area contributed by atoms with Crippen LogP contribution in [0.3, 0.4) is 0 Å². The molecule has 3 aromatic rings. The van der Waals surface area contributed by atoms with Crippen molar-refractivity contribution in [1.29, 1.82) is 0 Å². The summed E-state index contributed by atoms with van der Waals surface area (Å²) in [6.45, 7) is 6.50. The Hall–Kier alpha value is -2.77. The van der Waals surface area contributed by atoms with Gasteiger partial charge in [-0.2, -0.15) is 5.10 Å². The minimum absolute atomic E-state index is 0.0267. The van der Waals surface area contributed by atoms with Crippen molar-refractivity contribution in [1.82, 2.24) is 19.7 Å². The van der Waals surface area contributed by atoms with E-state index in [-0.39, 0.29) is 17.2 Å². The van der Waals surface area contributed by atoms with E-state index in [1.165, 1.54) is 0 Å². The van der Waals surface area contributed by atoms with Gasteiger partial charge in [-0.15, -0.1) is 0 Å². The number of anilines is 1. The zero-order chi connectivity index (χ0) is 20.0. The molecule has 2 saturated heterocycles. The van der Waals surface area contributed by atoms with Crippen molar-refractivity contribution in [3.63, 3.8) is 0 Å². The van der Waals surface area contributed by atoms with E-state index in [1.54, 1.807) is 4.68 Å². The number of fused-ring (bicyclic) bond motifs is 1. The zero-order valence-electron chi connectivity index (χ0n) is 16.8. The van der Waals surface area contributed by atoms with Crippen LogP contribution in [-0.2, 0) is 16.6 Å². The number of aromatic nitrogens is 3. The standard InChI is InChI=1S/C22H25N5O2/c1-22(13-29-14-22)12-27-10-19(11-27)21(28)25-20-6-17-5-15(3-4-16(17)7-23-20)18-8-24-26(2)9-18/h3-9,19H,10-14H2,1-2H3,(H,23,25,28). The number of pyridine rings is 1. The van der Waals surface area contributed by atoms with Crippen molar-refractivity contribution in [3.05, 3.63) is 42.9 Å². The number of rotatable bonds is 5. The van der Waals surface area contributed by atoms with E-state index < -0.39 is 0 Å². The first-order valence-electron chi connectivity index (χ1n) is 9.97. The summed E-state index contributed by atoms with van der Waals surface area (Å²) in [6.07, 6.45) is 5.65. The van der Waals surface area contributed by atoms with Crippen LogP contribution >= 0.6 is 0 Å². The molecule has 4 heterocycles. The lowest BCUT2D eigenvalue weighted by molar-refractivity contribution is -0.137. The highest BCUT2D eigenvalue weighted by molar-refractivity contribution is 5.95. The molecule has 0 spiro atoms. The molecule has 5 rings (SSSR count). The van der Waals surface area contributed by atoms with Gasteiger partial charge >= 0.3 is 0 Å². The number of nitrogens with zero attached hydrogens (tertiary/aromatic N) is 4. The van der Waals surface area contributed by atoms with Gasteiger partial charge < -0.3 is 15.0 Å². The van der Waals surface area contributed by atoms with E-state index in [2.05, 4.69) is 39.4 Å². The molecule has 7 nitrogen and oxygen atoms in total. The maximum atomic E-state index is 12.6. The van der Waals surface area contributed by atoms with Gasteiger partial charge in [-0.25, -0.2) is 4.98 Å². The van der Waals surface area contributed by atoms with Crippen molar-refractivity contribution in [3.8, 4) is 11.1 Å². The van der Waals surface area contributed by atoms with Crippen molar-refractivity contribution in [2.24, 2.45) is 18.4 Å². The Labute approximate surface area is 169 Å². The smallest absolute Gasteiger partial charge is 0.231 e. The fourth-order valence-electron chi connectivity index (χ4n) is 4.13. The molecule has 1 N–H and O–H groups in total. The summed E-state index contributed by atoms with van der Waals surface area (Å²) in [5.74, 6) is 0.675. The van der Waals surface area contributed by atoms with Gasteiger partial charge in [0.15, 0.2) is 0 Å². The van der Waals surface area contributed by atoms with Crippen LogP contribution in [0.2, 0.25) is 0 Å². The van der Waals surface area contributed by atoms with E-state index in [4.69, 9.17) is 4.74 Å². The highest BCUT2D eigenvalue weighted by atomic mass is 16.5. The third kappa shape index (κ3) is 3.63. The lowest BCUT2D eigenvalue weighted by atomic mass is 9.85. The predicted octanol–water partition coefficient (Wildman–Crippen LogP) is 2.54. The minimum Gasteiger partial charge on any atom is -0.380 e. The topological polar surface area (TPSA) is 72.3 Å². The molecule has 1 amide bonds. The summed E-state index contributed by atoms with van der Waals surface area (Å²) < 4.78 is 7.10. The number of hydrogen-bond donors (Lipinski definition) is 1. The number of amides is 1. The number of nitrogens with one attached hydrogen (secondary N) is 1. The van der Waals surface area contributed by atoms with Crippen molar-refractivity contribution in [2.75, 3.05) is 38.2 Å². The number of carbonyl (C=O) groups excluding carboxylic acids is 1. The second-order valence-corrected chi connectivity index (χ2v) is 8.72. The Morgan fingerprint density at radius 2 is 2.03 bits per heavy atom. The van der Waals surface area contributed by atoms with Crippen LogP contribution in [0.15, 0.2) is 42.9 Å². The Morgan fingerprint density at radius 3 is 2.72 bits per heavy atom. The minimum atomic E-state index is 0.0267. The van der Waals surface area contributed by atoms with Crippen LogP contribution in [0.25, 0.3) is 21.9 Å². The third-order valence-corrected chi connectivity index (χ3v) is 5.85. The highest BCUT2D eigenvalue weighted by Gasteiger charge is 2.40. The first-order chi connectivity index (χ1) is 14.0. The molecular formula is C22H25N5O2. The van der Waals surface area contributed by atoms with E-state index in [0.29, 0.717) is 5.82 Å². The predicted molar refractivity (Wildman–Crippen MR) is 111 cm³/mol. The van der Waals surface area contributed by atoms with E-state index in [0.717, 1.165) is 54.7 Å². The monoisotopic (exact) mass is 391 g/mol. The fourth-order valence-corrected chi connectivity index (χ4v) is 4.13. The van der Waals surface area contributed by atoms with E-state index >= 15 is 0 Å². The summed E-state index contributed by atoms with van der Waals surface area (Å²) in [5.41, 5.74) is 2.42. The number of likely N-dealkylation sites (tertiary alicyclic amines) is 1. The zero-order valence-corrected chi connectivity index (χ0v) is 16.8. The Kier molecular flexibility index (Phi) is 4.37. The second kappa shape index (κ2) is 6.93. The van der Waals surface area contributed by atoms with E-state index in [9.17, 15) is 4.79 Å². The molecule has 7 heteroatoms. The van der Waals surface area contributed by atoms with Gasteiger partial charge in [-0.3, -0.25) is 9.48 Å². The van der Waals surface area contributed by atoms with Crippen LogP contribution < -0.4 is 5.32 Å². The lowest BCUT2D eigenvalue weighted by Crippen LogP contribution is -2.58. The molecule has 2 fully saturated rings. The molecule has 0 atom stereocenters. The van der Waals surface area contributed by atoms with Gasteiger partial charge in [0.05, 0.1) is 25.3 Å². The second-order valence-electron chi connectivity index (χ2n) is 8.72. The summed E-state index contributed by atoms with van der Waals surface area (Å²) in [7, 11) is 1.91. The van der Waals surface area contributed by atoms with Gasteiger partial charge in [-0.05, 0) is 23.1 Å². The van der Waals surface area contributed by atoms with Gasteiger partial charge in [0.1, 0.15) is 5.82 Å². The van der Waals surface area contributed by atoms with Gasteiger partial charge in [0.2, 0.25) is 5.91 Å². The molecule has 0 bridgehead atoms. The third-order valence-electron chi connectivity index (χ3n) is 5.85. The maximum Gasteiger partial charge on any atom is 0.231 e. The average Bonchev–Trinajstić information content (AvgIpc) is 3.08. The number of carbonyl (C=O) groups is 1. The molecule has 2 aromatic heterocycles. The van der Waals surface area contributed by atoms with Crippen LogP contribution in [0.4, 0.5) is 5.82 Å². The molecule has 0 saturated carbocycles. The summed E-state index contributed by atoms with van der Waals surface area (Å²) in [5, 5.41) is 9.32. The number of ether oxygens (including phenoxy) is 1. The van der Waals surface area contributed by atoms with Gasteiger partial charge in [-0.1, -0.05) is 19.1 Å². The molecule has 0 radical (unpaired) electrons. The maximum absolute atomic E-state index is 12.6. The number of benzene rings is 1.